The van der Waals surface area contributed by atoms with Gasteiger partial charge in [-0.25, -0.2) is 9.78 Å². The number of esters is 1. The number of nitrogens with zero attached hydrogens (tertiary/aromatic N) is 2. The van der Waals surface area contributed by atoms with Crippen molar-refractivity contribution in [1.82, 2.24) is 14.9 Å². The number of methoxy groups -OCH3 is 1. The number of hydrogen-bond acceptors (Lipinski definition) is 4. The van der Waals surface area contributed by atoms with Crippen LogP contribution in [0.4, 0.5) is 5.69 Å². The zero-order valence-electron chi connectivity index (χ0n) is 15.1. The van der Waals surface area contributed by atoms with Crippen molar-refractivity contribution in [3.8, 4) is 5.69 Å². The van der Waals surface area contributed by atoms with Crippen LogP contribution < -0.4 is 10.6 Å². The molecule has 7 heteroatoms. The van der Waals surface area contributed by atoms with E-state index >= 15 is 0 Å². The number of nitrogens with one attached hydrogen (secondary N) is 2. The van der Waals surface area contributed by atoms with E-state index < -0.39 is 0 Å². The van der Waals surface area contributed by atoms with Gasteiger partial charge in [0.05, 0.1) is 19.0 Å². The molecule has 6 nitrogen and oxygen atoms in total. The number of anilines is 1. The maximum Gasteiger partial charge on any atom is 0.337 e. The first-order chi connectivity index (χ1) is 13.1. The standard InChI is InChI=1S/C20H20N4O2S/c1-14-3-6-16(19(25)26-2)11-18(14)23-20(27)22-12-15-4-7-17(8-5-15)24-10-9-21-13-24/h3-11,13H,12H2,1-2H3,(H2,22,23,27). The van der Waals surface area contributed by atoms with Crippen molar-refractivity contribution in [3.63, 3.8) is 0 Å². The second-order valence-corrected chi connectivity index (χ2v) is 6.37. The van der Waals surface area contributed by atoms with Gasteiger partial charge in [0.1, 0.15) is 0 Å². The number of hydrogen-bond donors (Lipinski definition) is 2. The highest BCUT2D eigenvalue weighted by atomic mass is 32.1. The van der Waals surface area contributed by atoms with Crippen LogP contribution in [0.1, 0.15) is 21.5 Å². The Hall–Kier alpha value is -3.19. The largest absolute Gasteiger partial charge is 0.465 e. The summed E-state index contributed by atoms with van der Waals surface area (Å²) in [6, 6.07) is 13.4. The van der Waals surface area contributed by atoms with E-state index in [0.717, 1.165) is 22.5 Å². The fraction of sp³-hybridized carbons (Fsp3) is 0.150. The molecule has 3 aromatic rings. The van der Waals surface area contributed by atoms with Crippen LogP contribution in [-0.4, -0.2) is 27.7 Å². The third-order valence-corrected chi connectivity index (χ3v) is 4.35. The van der Waals surface area contributed by atoms with Gasteiger partial charge in [-0.2, -0.15) is 0 Å². The minimum Gasteiger partial charge on any atom is -0.465 e. The van der Waals surface area contributed by atoms with E-state index in [2.05, 4.69) is 15.6 Å². The van der Waals surface area contributed by atoms with E-state index in [4.69, 9.17) is 17.0 Å². The number of ether oxygens (including phenoxy) is 1. The summed E-state index contributed by atoms with van der Waals surface area (Å²) < 4.78 is 6.70. The molecule has 0 unspecified atom stereocenters. The molecule has 0 spiro atoms. The molecule has 138 valence electrons. The maximum atomic E-state index is 11.7. The Kier molecular flexibility index (Phi) is 5.83. The summed E-state index contributed by atoms with van der Waals surface area (Å²) in [5.74, 6) is -0.380. The van der Waals surface area contributed by atoms with Crippen LogP contribution in [0.5, 0.6) is 0 Å². The van der Waals surface area contributed by atoms with Crippen LogP contribution in [0.15, 0.2) is 61.2 Å². The number of imidazole rings is 1. The zero-order valence-corrected chi connectivity index (χ0v) is 15.9. The van der Waals surface area contributed by atoms with Crippen molar-refractivity contribution >= 4 is 29.0 Å². The SMILES string of the molecule is COC(=O)c1ccc(C)c(NC(=S)NCc2ccc(-n3ccnc3)cc2)c1. The van der Waals surface area contributed by atoms with Crippen molar-refractivity contribution in [2.45, 2.75) is 13.5 Å². The molecule has 3 rings (SSSR count). The molecular formula is C20H20N4O2S. The van der Waals surface area contributed by atoms with E-state index in [1.165, 1.54) is 7.11 Å². The van der Waals surface area contributed by atoms with Crippen LogP contribution in [0.3, 0.4) is 0 Å². The summed E-state index contributed by atoms with van der Waals surface area (Å²) in [7, 11) is 1.36. The quantitative estimate of drug-likeness (QED) is 0.522. The minimum absolute atomic E-state index is 0.380. The average molecular weight is 380 g/mol. The molecule has 0 saturated heterocycles. The molecule has 0 aliphatic heterocycles. The first-order valence-corrected chi connectivity index (χ1v) is 8.79. The second kappa shape index (κ2) is 8.46. The molecule has 0 bridgehead atoms. The smallest absolute Gasteiger partial charge is 0.337 e. The molecule has 0 aliphatic rings. The normalized spacial score (nSPS) is 10.3. The first kappa shape index (κ1) is 18.6. The van der Waals surface area contributed by atoms with Crippen molar-refractivity contribution in [2.75, 3.05) is 12.4 Å². The van der Waals surface area contributed by atoms with E-state index in [1.54, 1.807) is 24.7 Å². The lowest BCUT2D eigenvalue weighted by Gasteiger charge is -2.14. The lowest BCUT2D eigenvalue weighted by Crippen LogP contribution is -2.28. The second-order valence-electron chi connectivity index (χ2n) is 5.97. The van der Waals surface area contributed by atoms with Gasteiger partial charge >= 0.3 is 5.97 Å². The molecule has 0 atom stereocenters. The number of aryl methyl sites for hydroxylation is 1. The maximum absolute atomic E-state index is 11.7. The van der Waals surface area contributed by atoms with Gasteiger partial charge in [-0.05, 0) is 54.5 Å². The molecule has 1 heterocycles. The Balaban J connectivity index is 1.59. The predicted molar refractivity (Wildman–Crippen MR) is 109 cm³/mol. The van der Waals surface area contributed by atoms with E-state index in [1.807, 2.05) is 48.0 Å². The molecule has 2 N–H and O–H groups in total. The summed E-state index contributed by atoms with van der Waals surface area (Å²) in [6.45, 7) is 2.53. The van der Waals surface area contributed by atoms with Gasteiger partial charge in [0, 0.05) is 30.3 Å². The Bertz CT molecular complexity index is 937. The number of carbonyl (C=O) groups excluding carboxylic acids is 1. The number of aromatic nitrogens is 2. The van der Waals surface area contributed by atoms with Crippen molar-refractivity contribution in [1.29, 1.82) is 0 Å². The Morgan fingerprint density at radius 1 is 1.22 bits per heavy atom. The number of carbonyl (C=O) groups is 1. The van der Waals surface area contributed by atoms with Crippen LogP contribution in [0, 0.1) is 6.92 Å². The molecular weight excluding hydrogens is 360 g/mol. The topological polar surface area (TPSA) is 68.2 Å². The van der Waals surface area contributed by atoms with Crippen LogP contribution in [0.25, 0.3) is 5.69 Å². The predicted octanol–water partition coefficient (Wildman–Crippen LogP) is 3.45. The number of thiocarbonyl (C=S) groups is 1. The zero-order chi connectivity index (χ0) is 19.2. The number of rotatable bonds is 5. The van der Waals surface area contributed by atoms with Gasteiger partial charge in [-0.1, -0.05) is 18.2 Å². The molecule has 1 aromatic heterocycles. The fourth-order valence-electron chi connectivity index (χ4n) is 2.55. The van der Waals surface area contributed by atoms with Crippen molar-refractivity contribution in [2.24, 2.45) is 0 Å². The third kappa shape index (κ3) is 4.71. The third-order valence-electron chi connectivity index (χ3n) is 4.10. The van der Waals surface area contributed by atoms with E-state index in [-0.39, 0.29) is 5.97 Å². The van der Waals surface area contributed by atoms with Crippen molar-refractivity contribution < 1.29 is 9.53 Å². The molecule has 2 aromatic carbocycles. The minimum atomic E-state index is -0.380. The molecule has 0 fully saturated rings. The van der Waals surface area contributed by atoms with Gasteiger partial charge in [0.15, 0.2) is 5.11 Å². The highest BCUT2D eigenvalue weighted by molar-refractivity contribution is 7.80. The summed E-state index contributed by atoms with van der Waals surface area (Å²) in [4.78, 5) is 15.7. The summed E-state index contributed by atoms with van der Waals surface area (Å²) in [5, 5.41) is 6.80. The van der Waals surface area contributed by atoms with E-state index in [9.17, 15) is 4.79 Å². The van der Waals surface area contributed by atoms with Gasteiger partial charge < -0.3 is 19.9 Å². The monoisotopic (exact) mass is 380 g/mol. The highest BCUT2D eigenvalue weighted by Crippen LogP contribution is 2.17. The first-order valence-electron chi connectivity index (χ1n) is 8.38. The van der Waals surface area contributed by atoms with Crippen molar-refractivity contribution in [3.05, 3.63) is 77.9 Å². The molecule has 0 amide bonds. The molecule has 0 aliphatic carbocycles. The fourth-order valence-corrected chi connectivity index (χ4v) is 2.73. The Morgan fingerprint density at radius 3 is 2.67 bits per heavy atom. The van der Waals surface area contributed by atoms with Crippen LogP contribution in [0.2, 0.25) is 0 Å². The lowest BCUT2D eigenvalue weighted by atomic mass is 10.1. The van der Waals surface area contributed by atoms with Gasteiger partial charge in [-0.15, -0.1) is 0 Å². The Morgan fingerprint density at radius 2 is 2.00 bits per heavy atom. The number of benzene rings is 2. The van der Waals surface area contributed by atoms with Crippen LogP contribution >= 0.6 is 12.2 Å². The molecule has 27 heavy (non-hydrogen) atoms. The molecule has 0 saturated carbocycles. The summed E-state index contributed by atoms with van der Waals surface area (Å²) in [5.41, 5.74) is 4.38. The van der Waals surface area contributed by atoms with E-state index in [0.29, 0.717) is 17.2 Å². The average Bonchev–Trinajstić information content (AvgIpc) is 3.22. The Labute approximate surface area is 163 Å². The lowest BCUT2D eigenvalue weighted by molar-refractivity contribution is 0.0601. The van der Waals surface area contributed by atoms with Gasteiger partial charge in [0.25, 0.3) is 0 Å². The van der Waals surface area contributed by atoms with Crippen LogP contribution in [-0.2, 0) is 11.3 Å². The summed E-state index contributed by atoms with van der Waals surface area (Å²) >= 11 is 5.37. The van der Waals surface area contributed by atoms with Gasteiger partial charge in [0.2, 0.25) is 0 Å². The highest BCUT2D eigenvalue weighted by Gasteiger charge is 2.09. The molecule has 0 radical (unpaired) electrons. The summed E-state index contributed by atoms with van der Waals surface area (Å²) in [6.07, 6.45) is 5.41. The van der Waals surface area contributed by atoms with Gasteiger partial charge in [-0.3, -0.25) is 0 Å².